The van der Waals surface area contributed by atoms with Gasteiger partial charge in [-0.15, -0.1) is 0 Å². The topological polar surface area (TPSA) is 46.9 Å². The molecule has 0 fully saturated rings. The second kappa shape index (κ2) is 7.51. The molecule has 1 aromatic heterocycles. The Morgan fingerprint density at radius 3 is 2.72 bits per heavy atom. The lowest BCUT2D eigenvalue weighted by atomic mass is 10.1. The Hall–Kier alpha value is -2.62. The van der Waals surface area contributed by atoms with Crippen LogP contribution in [0.3, 0.4) is 0 Å². The van der Waals surface area contributed by atoms with Crippen LogP contribution in [0, 0.1) is 13.8 Å². The zero-order valence-electron chi connectivity index (χ0n) is 15.2. The fourth-order valence-electron chi connectivity index (χ4n) is 3.15. The Kier molecular flexibility index (Phi) is 5.17. The van der Waals surface area contributed by atoms with Crippen LogP contribution in [-0.2, 0) is 13.1 Å². The monoisotopic (exact) mass is 335 g/mol. The van der Waals surface area contributed by atoms with Gasteiger partial charge in [0.15, 0.2) is 0 Å². The third-order valence-corrected chi connectivity index (χ3v) is 4.50. The standard InChI is InChI=1S/C21H25N3O/c1-4-5-12-24-19-9-7-6-8-18(19)23-20(24)14-22-21(25)17-11-10-15(2)13-16(17)3/h6-11,13H,4-5,12,14H2,1-3H3,(H,22,25). The molecule has 3 rings (SSSR count). The summed E-state index contributed by atoms with van der Waals surface area (Å²) in [5.74, 6) is 0.861. The zero-order chi connectivity index (χ0) is 17.8. The van der Waals surface area contributed by atoms with Crippen molar-refractivity contribution in [2.24, 2.45) is 0 Å². The van der Waals surface area contributed by atoms with Gasteiger partial charge in [-0.1, -0.05) is 43.2 Å². The molecular weight excluding hydrogens is 310 g/mol. The minimum absolute atomic E-state index is 0.0494. The number of benzene rings is 2. The van der Waals surface area contributed by atoms with Gasteiger partial charge in [0.05, 0.1) is 17.6 Å². The number of unbranched alkanes of at least 4 members (excludes halogenated alkanes) is 1. The van der Waals surface area contributed by atoms with Crippen molar-refractivity contribution in [3.05, 3.63) is 65.0 Å². The van der Waals surface area contributed by atoms with E-state index in [-0.39, 0.29) is 5.91 Å². The molecule has 4 heteroatoms. The van der Waals surface area contributed by atoms with Gasteiger partial charge in [-0.25, -0.2) is 4.98 Å². The smallest absolute Gasteiger partial charge is 0.251 e. The number of fused-ring (bicyclic) bond motifs is 1. The van der Waals surface area contributed by atoms with Crippen LogP contribution in [0.5, 0.6) is 0 Å². The van der Waals surface area contributed by atoms with E-state index in [1.54, 1.807) is 0 Å². The molecule has 130 valence electrons. The maximum absolute atomic E-state index is 12.5. The van der Waals surface area contributed by atoms with E-state index in [9.17, 15) is 4.79 Å². The van der Waals surface area contributed by atoms with Crippen LogP contribution >= 0.6 is 0 Å². The Balaban J connectivity index is 1.81. The Bertz CT molecular complexity index is 895. The van der Waals surface area contributed by atoms with Crippen molar-refractivity contribution in [1.29, 1.82) is 0 Å². The molecule has 1 heterocycles. The Labute approximate surface area is 148 Å². The predicted molar refractivity (Wildman–Crippen MR) is 102 cm³/mol. The van der Waals surface area contributed by atoms with Gasteiger partial charge >= 0.3 is 0 Å². The van der Waals surface area contributed by atoms with Gasteiger partial charge in [0.25, 0.3) is 5.91 Å². The van der Waals surface area contributed by atoms with Crippen LogP contribution in [0.1, 0.15) is 47.1 Å². The van der Waals surface area contributed by atoms with Crippen molar-refractivity contribution >= 4 is 16.9 Å². The molecule has 25 heavy (non-hydrogen) atoms. The molecule has 1 N–H and O–H groups in total. The van der Waals surface area contributed by atoms with Gasteiger partial charge in [0.2, 0.25) is 0 Å². The number of aryl methyl sites for hydroxylation is 3. The highest BCUT2D eigenvalue weighted by atomic mass is 16.1. The SMILES string of the molecule is CCCCn1c(CNC(=O)c2ccc(C)cc2C)nc2ccccc21. The van der Waals surface area contributed by atoms with Crippen molar-refractivity contribution in [3.8, 4) is 0 Å². The van der Waals surface area contributed by atoms with Gasteiger partial charge in [-0.3, -0.25) is 4.79 Å². The van der Waals surface area contributed by atoms with Gasteiger partial charge < -0.3 is 9.88 Å². The third-order valence-electron chi connectivity index (χ3n) is 4.50. The van der Waals surface area contributed by atoms with Gasteiger partial charge in [0, 0.05) is 12.1 Å². The van der Waals surface area contributed by atoms with Crippen molar-refractivity contribution < 1.29 is 4.79 Å². The normalized spacial score (nSPS) is 11.0. The van der Waals surface area contributed by atoms with Crippen LogP contribution < -0.4 is 5.32 Å². The molecule has 0 saturated carbocycles. The molecule has 0 radical (unpaired) electrons. The highest BCUT2D eigenvalue weighted by Crippen LogP contribution is 2.17. The number of rotatable bonds is 6. The summed E-state index contributed by atoms with van der Waals surface area (Å²) in [5.41, 5.74) is 5.00. The maximum Gasteiger partial charge on any atom is 0.251 e. The van der Waals surface area contributed by atoms with Crippen molar-refractivity contribution in [3.63, 3.8) is 0 Å². The van der Waals surface area contributed by atoms with Gasteiger partial charge in [-0.2, -0.15) is 0 Å². The molecule has 3 aromatic rings. The maximum atomic E-state index is 12.5. The van der Waals surface area contributed by atoms with Gasteiger partial charge in [0.1, 0.15) is 5.82 Å². The van der Waals surface area contributed by atoms with E-state index in [2.05, 4.69) is 22.9 Å². The van der Waals surface area contributed by atoms with Crippen LogP contribution in [0.4, 0.5) is 0 Å². The Morgan fingerprint density at radius 2 is 1.96 bits per heavy atom. The summed E-state index contributed by atoms with van der Waals surface area (Å²) in [6.07, 6.45) is 2.22. The Morgan fingerprint density at radius 1 is 1.16 bits per heavy atom. The summed E-state index contributed by atoms with van der Waals surface area (Å²) in [7, 11) is 0. The second-order valence-corrected chi connectivity index (χ2v) is 6.52. The van der Waals surface area contributed by atoms with Gasteiger partial charge in [-0.05, 0) is 44.0 Å². The van der Waals surface area contributed by atoms with Crippen molar-refractivity contribution in [2.45, 2.75) is 46.7 Å². The van der Waals surface area contributed by atoms with Crippen LogP contribution in [-0.4, -0.2) is 15.5 Å². The lowest BCUT2D eigenvalue weighted by Gasteiger charge is -2.11. The summed E-state index contributed by atoms with van der Waals surface area (Å²) < 4.78 is 2.22. The fourth-order valence-corrected chi connectivity index (χ4v) is 3.15. The van der Waals surface area contributed by atoms with Crippen molar-refractivity contribution in [2.75, 3.05) is 0 Å². The number of hydrogen-bond donors (Lipinski definition) is 1. The number of nitrogens with one attached hydrogen (secondary N) is 1. The summed E-state index contributed by atoms with van der Waals surface area (Å²) in [5, 5.41) is 3.03. The van der Waals surface area contributed by atoms with Crippen LogP contribution in [0.2, 0.25) is 0 Å². The van der Waals surface area contributed by atoms with E-state index in [1.807, 2.05) is 50.2 Å². The average Bonchev–Trinajstić information content (AvgIpc) is 2.95. The molecule has 0 saturated heterocycles. The number of para-hydroxylation sites is 2. The number of carbonyl (C=O) groups excluding carboxylic acids is 1. The number of imidazole rings is 1. The van der Waals surface area contributed by atoms with E-state index in [1.165, 1.54) is 0 Å². The molecule has 0 aliphatic carbocycles. The minimum Gasteiger partial charge on any atom is -0.345 e. The minimum atomic E-state index is -0.0494. The molecule has 0 spiro atoms. The van der Waals surface area contributed by atoms with Crippen molar-refractivity contribution in [1.82, 2.24) is 14.9 Å². The fraction of sp³-hybridized carbons (Fsp3) is 0.333. The lowest BCUT2D eigenvalue weighted by Crippen LogP contribution is -2.25. The molecule has 0 atom stereocenters. The van der Waals surface area contributed by atoms with E-state index in [0.29, 0.717) is 6.54 Å². The molecule has 0 aliphatic rings. The first-order valence-electron chi connectivity index (χ1n) is 8.89. The highest BCUT2D eigenvalue weighted by molar-refractivity contribution is 5.95. The van der Waals surface area contributed by atoms with Crippen LogP contribution in [0.25, 0.3) is 11.0 Å². The van der Waals surface area contributed by atoms with E-state index in [4.69, 9.17) is 4.98 Å². The van der Waals surface area contributed by atoms with E-state index in [0.717, 1.165) is 52.9 Å². The number of nitrogens with zero attached hydrogens (tertiary/aromatic N) is 2. The summed E-state index contributed by atoms with van der Waals surface area (Å²) in [4.78, 5) is 17.3. The molecule has 2 aromatic carbocycles. The average molecular weight is 335 g/mol. The predicted octanol–water partition coefficient (Wildman–Crippen LogP) is 4.38. The first kappa shape index (κ1) is 17.2. The number of carbonyl (C=O) groups is 1. The quantitative estimate of drug-likeness (QED) is 0.726. The summed E-state index contributed by atoms with van der Waals surface area (Å²) in [6.45, 7) is 7.54. The number of hydrogen-bond acceptors (Lipinski definition) is 2. The van der Waals surface area contributed by atoms with Crippen LogP contribution in [0.15, 0.2) is 42.5 Å². The summed E-state index contributed by atoms with van der Waals surface area (Å²) >= 11 is 0. The second-order valence-electron chi connectivity index (χ2n) is 6.52. The molecule has 4 nitrogen and oxygen atoms in total. The first-order chi connectivity index (χ1) is 12.1. The number of amides is 1. The zero-order valence-corrected chi connectivity index (χ0v) is 15.2. The highest BCUT2D eigenvalue weighted by Gasteiger charge is 2.13. The molecule has 1 amide bonds. The summed E-state index contributed by atoms with van der Waals surface area (Å²) in [6, 6.07) is 14.0. The number of aromatic nitrogens is 2. The molecule has 0 unspecified atom stereocenters. The van der Waals surface area contributed by atoms with E-state index < -0.39 is 0 Å². The molecule has 0 aliphatic heterocycles. The lowest BCUT2D eigenvalue weighted by molar-refractivity contribution is 0.0949. The van der Waals surface area contributed by atoms with E-state index >= 15 is 0 Å². The molecule has 0 bridgehead atoms. The third kappa shape index (κ3) is 3.73. The first-order valence-corrected chi connectivity index (χ1v) is 8.89. The molecular formula is C21H25N3O. The largest absolute Gasteiger partial charge is 0.345 e.